The van der Waals surface area contributed by atoms with E-state index in [1.165, 1.54) is 12.4 Å². The summed E-state index contributed by atoms with van der Waals surface area (Å²) >= 11 is 0. The lowest BCUT2D eigenvalue weighted by atomic mass is 10.1. The second kappa shape index (κ2) is 4.81. The summed E-state index contributed by atoms with van der Waals surface area (Å²) in [5.74, 6) is -1.72. The van der Waals surface area contributed by atoms with Crippen molar-refractivity contribution in [3.63, 3.8) is 0 Å². The number of hydrogen-bond acceptors (Lipinski definition) is 6. The Hall–Kier alpha value is -3.04. The number of rotatable bonds is 2. The quantitative estimate of drug-likeness (QED) is 0.676. The van der Waals surface area contributed by atoms with E-state index in [0.29, 0.717) is 0 Å². The molecular weight excluding hydrogens is 280 g/mol. The van der Waals surface area contributed by atoms with Gasteiger partial charge in [0.25, 0.3) is 5.96 Å². The van der Waals surface area contributed by atoms with Gasteiger partial charge in [0.2, 0.25) is 17.7 Å². The van der Waals surface area contributed by atoms with Gasteiger partial charge in [0.05, 0.1) is 0 Å². The van der Waals surface area contributed by atoms with Crippen LogP contribution in [0.4, 0.5) is 5.69 Å². The third kappa shape index (κ3) is 2.26. The molecule has 2 amide bonds. The Balaban J connectivity index is 1.96. The van der Waals surface area contributed by atoms with E-state index in [-0.39, 0.29) is 36.3 Å². The molecule has 2 aliphatic heterocycles. The Morgan fingerprint density at radius 2 is 2.19 bits per heavy atom. The fourth-order valence-electron chi connectivity index (χ4n) is 2.15. The van der Waals surface area contributed by atoms with Crippen LogP contribution in [0.1, 0.15) is 18.9 Å². The fraction of sp³-hybridized carbons (Fsp3) is 0.273. The van der Waals surface area contributed by atoms with Crippen LogP contribution in [-0.2, 0) is 9.59 Å². The van der Waals surface area contributed by atoms with Gasteiger partial charge in [-0.15, -0.1) is 10.2 Å². The van der Waals surface area contributed by atoms with Gasteiger partial charge in [-0.2, -0.15) is 4.99 Å². The average Bonchev–Trinajstić information content (AvgIpc) is 3.02. The van der Waals surface area contributed by atoms with Crippen molar-refractivity contribution in [3.8, 4) is 11.8 Å². The summed E-state index contributed by atoms with van der Waals surface area (Å²) in [6, 6.07) is 0.292. The molecule has 3 N–H and O–H groups in total. The Morgan fingerprint density at radius 3 is 2.86 bits per heavy atom. The topological polar surface area (TPSA) is 141 Å². The number of aliphatic imine (C=N–C) groups is 2. The first kappa shape index (κ1) is 13.0. The molecule has 1 fully saturated rings. The highest BCUT2D eigenvalue weighted by Crippen LogP contribution is 2.39. The van der Waals surface area contributed by atoms with Crippen molar-refractivity contribution in [1.29, 1.82) is 0 Å². The molecule has 10 nitrogen and oxygen atoms in total. The molecule has 1 atom stereocenters. The average molecular weight is 290 g/mol. The van der Waals surface area contributed by atoms with Gasteiger partial charge < -0.3 is 10.2 Å². The number of carbonyl (C=O) groups excluding carboxylic acids is 2. The van der Waals surface area contributed by atoms with Gasteiger partial charge in [0.15, 0.2) is 5.88 Å². The Bertz CT molecular complexity index is 703. The number of piperidine rings is 1. The summed E-state index contributed by atoms with van der Waals surface area (Å²) in [5.41, 5.74) is 0.00481. The van der Waals surface area contributed by atoms with Crippen LogP contribution in [0.2, 0.25) is 0 Å². The highest BCUT2D eigenvalue weighted by atomic mass is 16.3. The Kier molecular flexibility index (Phi) is 2.97. The maximum absolute atomic E-state index is 11.8. The lowest BCUT2D eigenvalue weighted by molar-refractivity contribution is -0.135. The van der Waals surface area contributed by atoms with Crippen molar-refractivity contribution in [1.82, 2.24) is 9.88 Å². The monoisotopic (exact) mass is 290 g/mol. The Morgan fingerprint density at radius 1 is 1.38 bits per heavy atom. The summed E-state index contributed by atoms with van der Waals surface area (Å²) in [6.07, 6.45) is 1.48. The molecule has 0 aromatic carbocycles. The van der Waals surface area contributed by atoms with E-state index in [4.69, 9.17) is 0 Å². The van der Waals surface area contributed by atoms with Crippen molar-refractivity contribution in [2.45, 2.75) is 18.9 Å². The van der Waals surface area contributed by atoms with Crippen molar-refractivity contribution in [2.75, 3.05) is 0 Å². The molecule has 0 saturated carbocycles. The number of amides is 2. The Labute approximate surface area is 117 Å². The van der Waals surface area contributed by atoms with Crippen LogP contribution in [0.5, 0.6) is 11.8 Å². The van der Waals surface area contributed by atoms with Gasteiger partial charge in [-0.05, 0) is 6.42 Å². The van der Waals surface area contributed by atoms with Gasteiger partial charge in [0, 0.05) is 12.5 Å². The number of nitrogens with zero attached hydrogens (tertiary/aromatic N) is 5. The third-order valence-electron chi connectivity index (χ3n) is 3.08. The second-order valence-electron chi connectivity index (χ2n) is 4.42. The lowest BCUT2D eigenvalue weighted by Crippen LogP contribution is -2.41. The molecule has 3 heterocycles. The van der Waals surface area contributed by atoms with E-state index in [2.05, 4.69) is 25.5 Å². The molecule has 1 aromatic rings. The van der Waals surface area contributed by atoms with E-state index in [9.17, 15) is 19.8 Å². The maximum Gasteiger partial charge on any atom is 0.271 e. The number of aromatic nitrogens is 1. The molecular formula is C11H10N6O4. The molecule has 1 saturated heterocycles. The zero-order valence-corrected chi connectivity index (χ0v) is 10.6. The first-order valence-electron chi connectivity index (χ1n) is 6.05. The van der Waals surface area contributed by atoms with Gasteiger partial charge >= 0.3 is 0 Å². The fourth-order valence-corrected chi connectivity index (χ4v) is 2.15. The molecule has 3 rings (SSSR count). The number of carbonyl (C=O) groups is 2. The minimum Gasteiger partial charge on any atom is -0.494 e. The zero-order chi connectivity index (χ0) is 15.0. The molecule has 0 aliphatic carbocycles. The largest absolute Gasteiger partial charge is 0.494 e. The molecule has 1 unspecified atom stereocenters. The molecule has 2 aliphatic rings. The molecule has 0 bridgehead atoms. The minimum atomic E-state index is -0.884. The van der Waals surface area contributed by atoms with Crippen LogP contribution in [0.25, 0.3) is 0 Å². The SMILES string of the molecule is O=C1CCC(n2c(O)cc(N=C3N=CN=N3)c2O)C(=O)N1. The van der Waals surface area contributed by atoms with E-state index in [0.717, 1.165) is 4.57 Å². The van der Waals surface area contributed by atoms with Crippen LogP contribution < -0.4 is 5.32 Å². The van der Waals surface area contributed by atoms with E-state index in [1.807, 2.05) is 0 Å². The summed E-state index contributed by atoms with van der Waals surface area (Å²) < 4.78 is 1.01. The number of nitrogens with one attached hydrogen (secondary N) is 1. The summed E-state index contributed by atoms with van der Waals surface area (Å²) in [5, 5.41) is 29.2. The first-order valence-corrected chi connectivity index (χ1v) is 6.05. The van der Waals surface area contributed by atoms with Gasteiger partial charge in [-0.3, -0.25) is 19.5 Å². The van der Waals surface area contributed by atoms with Gasteiger partial charge in [-0.1, -0.05) is 0 Å². The molecule has 1 aromatic heterocycles. The van der Waals surface area contributed by atoms with Crippen LogP contribution in [-0.4, -0.2) is 38.9 Å². The highest BCUT2D eigenvalue weighted by Gasteiger charge is 2.32. The second-order valence-corrected chi connectivity index (χ2v) is 4.42. The number of hydrogen-bond donors (Lipinski definition) is 3. The van der Waals surface area contributed by atoms with E-state index < -0.39 is 17.8 Å². The number of imide groups is 1. The lowest BCUT2D eigenvalue weighted by Gasteiger charge is -2.23. The van der Waals surface area contributed by atoms with Crippen LogP contribution in [0.3, 0.4) is 0 Å². The number of guanidine groups is 1. The molecule has 0 radical (unpaired) electrons. The smallest absolute Gasteiger partial charge is 0.271 e. The van der Waals surface area contributed by atoms with Crippen molar-refractivity contribution in [2.24, 2.45) is 20.2 Å². The van der Waals surface area contributed by atoms with Crippen LogP contribution in [0.15, 0.2) is 26.3 Å². The zero-order valence-electron chi connectivity index (χ0n) is 10.6. The van der Waals surface area contributed by atoms with E-state index >= 15 is 0 Å². The predicted octanol–water partition coefficient (Wildman–Crippen LogP) is 0.359. The minimum absolute atomic E-state index is 0.00481. The molecule has 108 valence electrons. The van der Waals surface area contributed by atoms with Gasteiger partial charge in [0.1, 0.15) is 18.1 Å². The van der Waals surface area contributed by atoms with Gasteiger partial charge in [-0.25, -0.2) is 4.99 Å². The van der Waals surface area contributed by atoms with Crippen LogP contribution >= 0.6 is 0 Å². The standard InChI is InChI=1S/C11H10N6O4/c18-7-2-1-6(9(20)15-7)17-8(19)3-5(10(17)21)14-11-12-4-13-16-11/h3-4,6,19,21H,1-2H2,(H,15,18,20). The summed E-state index contributed by atoms with van der Waals surface area (Å²) in [7, 11) is 0. The van der Waals surface area contributed by atoms with Crippen LogP contribution in [0, 0.1) is 0 Å². The van der Waals surface area contributed by atoms with E-state index in [1.54, 1.807) is 0 Å². The van der Waals surface area contributed by atoms with Crippen molar-refractivity contribution in [3.05, 3.63) is 6.07 Å². The summed E-state index contributed by atoms with van der Waals surface area (Å²) in [4.78, 5) is 30.5. The first-order chi connectivity index (χ1) is 10.1. The molecule has 21 heavy (non-hydrogen) atoms. The highest BCUT2D eigenvalue weighted by molar-refractivity contribution is 5.99. The molecule has 10 heteroatoms. The normalized spacial score (nSPS) is 23.0. The maximum atomic E-state index is 11.8. The van der Waals surface area contributed by atoms with Crippen molar-refractivity contribution < 1.29 is 19.8 Å². The predicted molar refractivity (Wildman–Crippen MR) is 69.6 cm³/mol. The third-order valence-corrected chi connectivity index (χ3v) is 3.08. The van der Waals surface area contributed by atoms with Crippen molar-refractivity contribution >= 4 is 29.8 Å². The summed E-state index contributed by atoms with van der Waals surface area (Å²) in [6.45, 7) is 0. The number of azo groups is 1. The number of aromatic hydroxyl groups is 2. The molecule has 0 spiro atoms.